The second-order valence-corrected chi connectivity index (χ2v) is 14.2. The van der Waals surface area contributed by atoms with Crippen molar-refractivity contribution in [3.8, 4) is 0 Å². The fourth-order valence-corrected chi connectivity index (χ4v) is 8.60. The van der Waals surface area contributed by atoms with Crippen molar-refractivity contribution >= 4 is 22.0 Å². The summed E-state index contributed by atoms with van der Waals surface area (Å²) in [5, 5.41) is 3.87. The van der Waals surface area contributed by atoms with Crippen LogP contribution in [0.5, 0.6) is 0 Å². The zero-order valence-electron chi connectivity index (χ0n) is 21.3. The van der Waals surface area contributed by atoms with Crippen LogP contribution in [0.25, 0.3) is 0 Å². The van der Waals surface area contributed by atoms with Gasteiger partial charge in [-0.05, 0) is 51.4 Å². The summed E-state index contributed by atoms with van der Waals surface area (Å²) in [6.07, 6.45) is 28.0. The number of hydrogen-bond acceptors (Lipinski definition) is 0. The van der Waals surface area contributed by atoms with Crippen molar-refractivity contribution in [1.82, 2.24) is 0 Å². The second-order valence-electron chi connectivity index (χ2n) is 8.99. The first kappa shape index (κ1) is 28.1. The van der Waals surface area contributed by atoms with E-state index < -0.39 is 6.04 Å². The monoisotopic (exact) mass is 537 g/mol. The Hall–Kier alpha value is -2.46. The van der Waals surface area contributed by atoms with Gasteiger partial charge in [0, 0.05) is 0 Å². The van der Waals surface area contributed by atoms with Crippen LogP contribution in [0.3, 0.4) is 0 Å². The molecule has 0 saturated carbocycles. The fourth-order valence-electron chi connectivity index (χ4n) is 4.22. The van der Waals surface area contributed by atoms with Gasteiger partial charge in [0.2, 0.25) is 0 Å². The Morgan fingerprint density at radius 3 is 0.889 bits per heavy atom. The SMILES string of the molecule is C1=C\CCCC\C=C/1.C1=C\CCCC\C=C/1.[Ni][PH](c1ccccc1)(c1ccccc1)c1ccccc1. The molecular formula is C34H40NiP. The normalized spacial score (nSPS) is 19.2. The van der Waals surface area contributed by atoms with Crippen molar-refractivity contribution in [2.75, 3.05) is 0 Å². The Labute approximate surface area is 227 Å². The maximum absolute atomic E-state index is 5.86. The molecule has 0 amide bonds. The summed E-state index contributed by atoms with van der Waals surface area (Å²) in [5.74, 6) is 0. The molecule has 0 unspecified atom stereocenters. The summed E-state index contributed by atoms with van der Waals surface area (Å²) in [6, 6.07) is 29.5. The molecule has 0 N–H and O–H groups in total. The molecule has 0 bridgehead atoms. The molecule has 3 aromatic rings. The predicted octanol–water partition coefficient (Wildman–Crippen LogP) is 8.52. The van der Waals surface area contributed by atoms with E-state index in [2.05, 4.69) is 121 Å². The molecule has 0 spiro atoms. The standard InChI is InChI=1S/C18H15P.2C8H12.Ni/c1-4-10-16(11-5-1)19(17-12-6-2-7-13-17)18-14-8-3-9-15-18;2*1-2-4-6-8-7-5-3-1;/h1-15H;2*1-4H,5-8H2;/q;;;-1/p+1/b;2*3-1-,4-2-;. The quantitative estimate of drug-likeness (QED) is 0.232. The van der Waals surface area contributed by atoms with Gasteiger partial charge >= 0.3 is 128 Å². The minimum absolute atomic E-state index is 1.27. The van der Waals surface area contributed by atoms with Gasteiger partial charge in [-0.3, -0.25) is 0 Å². The maximum atomic E-state index is 5.86. The van der Waals surface area contributed by atoms with Crippen LogP contribution >= 0.6 is 6.04 Å². The van der Waals surface area contributed by atoms with Crippen molar-refractivity contribution in [3.05, 3.63) is 140 Å². The van der Waals surface area contributed by atoms with E-state index >= 15 is 0 Å². The number of rotatable bonds is 3. The van der Waals surface area contributed by atoms with Crippen molar-refractivity contribution in [2.45, 2.75) is 51.4 Å². The third-order valence-electron chi connectivity index (χ3n) is 6.21. The molecule has 3 aromatic carbocycles. The van der Waals surface area contributed by atoms with Gasteiger partial charge in [0.1, 0.15) is 0 Å². The Kier molecular flexibility index (Phi) is 13.3. The fraction of sp³-hybridized carbons (Fsp3) is 0.235. The average molecular weight is 538 g/mol. The molecule has 0 radical (unpaired) electrons. The van der Waals surface area contributed by atoms with Crippen molar-refractivity contribution < 1.29 is 15.0 Å². The van der Waals surface area contributed by atoms with E-state index in [0.717, 1.165) is 0 Å². The summed E-state index contributed by atoms with van der Waals surface area (Å²) < 4.78 is 0. The van der Waals surface area contributed by atoms with Crippen LogP contribution in [-0.4, -0.2) is 0 Å². The molecule has 0 fully saturated rings. The van der Waals surface area contributed by atoms with Crippen molar-refractivity contribution in [3.63, 3.8) is 0 Å². The summed E-state index contributed by atoms with van der Waals surface area (Å²) in [5.41, 5.74) is 0. The Morgan fingerprint density at radius 2 is 0.639 bits per heavy atom. The Bertz CT molecular complexity index is 929. The molecule has 5 rings (SSSR count). The number of allylic oxidation sites excluding steroid dienone is 8. The number of benzene rings is 3. The van der Waals surface area contributed by atoms with Gasteiger partial charge in [0.25, 0.3) is 0 Å². The first-order chi connectivity index (χ1) is 17.8. The van der Waals surface area contributed by atoms with Gasteiger partial charge in [-0.15, -0.1) is 0 Å². The van der Waals surface area contributed by atoms with Crippen LogP contribution in [0.15, 0.2) is 140 Å². The third kappa shape index (κ3) is 9.54. The molecule has 0 aromatic heterocycles. The van der Waals surface area contributed by atoms with Gasteiger partial charge in [-0.25, -0.2) is 0 Å². The van der Waals surface area contributed by atoms with Crippen LogP contribution in [-0.2, 0) is 15.0 Å². The molecule has 0 atom stereocenters. The molecule has 0 nitrogen and oxygen atoms in total. The van der Waals surface area contributed by atoms with Crippen LogP contribution in [0.4, 0.5) is 0 Å². The van der Waals surface area contributed by atoms with Gasteiger partial charge in [-0.1, -0.05) is 48.6 Å². The van der Waals surface area contributed by atoms with Crippen LogP contribution in [0.2, 0.25) is 0 Å². The van der Waals surface area contributed by atoms with Gasteiger partial charge in [0.05, 0.1) is 0 Å². The first-order valence-electron chi connectivity index (χ1n) is 13.3. The molecule has 191 valence electrons. The van der Waals surface area contributed by atoms with Crippen molar-refractivity contribution in [2.24, 2.45) is 0 Å². The molecule has 0 saturated heterocycles. The van der Waals surface area contributed by atoms with Gasteiger partial charge < -0.3 is 0 Å². The summed E-state index contributed by atoms with van der Waals surface area (Å²) in [4.78, 5) is 0. The molecular weight excluding hydrogens is 498 g/mol. The predicted molar refractivity (Wildman–Crippen MR) is 160 cm³/mol. The van der Waals surface area contributed by atoms with E-state index in [-0.39, 0.29) is 0 Å². The molecule has 2 heteroatoms. The summed E-state index contributed by atoms with van der Waals surface area (Å²) in [7, 11) is 0. The van der Waals surface area contributed by atoms with E-state index in [9.17, 15) is 0 Å². The topological polar surface area (TPSA) is 0 Å². The summed E-state index contributed by atoms with van der Waals surface area (Å²) >= 11 is 5.86. The van der Waals surface area contributed by atoms with Crippen LogP contribution in [0, 0.1) is 0 Å². The van der Waals surface area contributed by atoms with Gasteiger partial charge in [-0.2, -0.15) is 0 Å². The minimum atomic E-state index is -2.25. The Morgan fingerprint density at radius 1 is 0.389 bits per heavy atom. The van der Waals surface area contributed by atoms with E-state index in [1.54, 1.807) is 0 Å². The van der Waals surface area contributed by atoms with Crippen molar-refractivity contribution in [1.29, 1.82) is 0 Å². The van der Waals surface area contributed by atoms with E-state index in [1.807, 2.05) is 18.2 Å². The van der Waals surface area contributed by atoms with E-state index in [4.69, 9.17) is 15.0 Å². The van der Waals surface area contributed by atoms with Crippen LogP contribution in [0.1, 0.15) is 51.4 Å². The third-order valence-corrected chi connectivity index (χ3v) is 12.1. The zero-order valence-corrected chi connectivity index (χ0v) is 23.2. The molecule has 0 heterocycles. The van der Waals surface area contributed by atoms with E-state index in [1.165, 1.54) is 67.3 Å². The first-order valence-corrected chi connectivity index (χ1v) is 16.6. The Balaban J connectivity index is 0.000000185. The van der Waals surface area contributed by atoms with Crippen LogP contribution < -0.4 is 15.9 Å². The second kappa shape index (κ2) is 17.1. The molecule has 2 aliphatic rings. The summed E-state index contributed by atoms with van der Waals surface area (Å²) in [6.45, 7) is 0. The average Bonchev–Trinajstić information content (AvgIpc) is 2.90. The molecule has 36 heavy (non-hydrogen) atoms. The zero-order chi connectivity index (χ0) is 25.2. The van der Waals surface area contributed by atoms with Gasteiger partial charge in [0.15, 0.2) is 0 Å². The number of hydrogen-bond donors (Lipinski definition) is 0. The molecule has 0 aliphatic heterocycles. The van der Waals surface area contributed by atoms with E-state index in [0.29, 0.717) is 0 Å². The molecule has 2 aliphatic carbocycles.